The molecular formula is C22H22O8. The largest absolute Gasteiger partial charge is 0.497 e. The van der Waals surface area contributed by atoms with Crippen LogP contribution in [-0.4, -0.2) is 53.1 Å². The predicted molar refractivity (Wildman–Crippen MR) is 107 cm³/mol. The van der Waals surface area contributed by atoms with Gasteiger partial charge in [0.05, 0.1) is 24.2 Å². The Balaban J connectivity index is 1.61. The molecule has 1 fully saturated rings. The molecule has 5 unspecified atom stereocenters. The lowest BCUT2D eigenvalue weighted by Crippen LogP contribution is -2.58. The van der Waals surface area contributed by atoms with E-state index in [0.29, 0.717) is 27.8 Å². The Bertz CT molecular complexity index is 1090. The first-order valence-corrected chi connectivity index (χ1v) is 9.45. The van der Waals surface area contributed by atoms with Gasteiger partial charge >= 0.3 is 0 Å². The van der Waals surface area contributed by atoms with E-state index < -0.39 is 30.7 Å². The van der Waals surface area contributed by atoms with Crippen LogP contribution in [-0.2, 0) is 4.74 Å². The average molecular weight is 414 g/mol. The average Bonchev–Trinajstić information content (AvgIpc) is 2.76. The molecule has 8 heteroatoms. The fourth-order valence-electron chi connectivity index (χ4n) is 3.40. The Hall–Kier alpha value is -2.91. The Morgan fingerprint density at radius 3 is 2.33 bits per heavy atom. The molecule has 158 valence electrons. The van der Waals surface area contributed by atoms with E-state index in [1.54, 1.807) is 50.4 Å². The number of aliphatic hydroxyl groups is 3. The minimum Gasteiger partial charge on any atom is -0.497 e. The Labute approximate surface area is 171 Å². The number of ether oxygens (including phenoxy) is 3. The summed E-state index contributed by atoms with van der Waals surface area (Å²) in [6.45, 7) is 1.57. The quantitative estimate of drug-likeness (QED) is 0.590. The number of hydrogen-bond donors (Lipinski definition) is 3. The van der Waals surface area contributed by atoms with Gasteiger partial charge in [-0.05, 0) is 36.8 Å². The van der Waals surface area contributed by atoms with Gasteiger partial charge in [-0.1, -0.05) is 12.1 Å². The highest BCUT2D eigenvalue weighted by atomic mass is 16.7. The Morgan fingerprint density at radius 1 is 0.933 bits per heavy atom. The Morgan fingerprint density at radius 2 is 1.63 bits per heavy atom. The molecule has 2 aromatic carbocycles. The topological polar surface area (TPSA) is 119 Å². The maximum Gasteiger partial charge on any atom is 0.229 e. The number of fused-ring (bicyclic) bond motifs is 1. The zero-order valence-electron chi connectivity index (χ0n) is 16.4. The van der Waals surface area contributed by atoms with Crippen LogP contribution in [0.4, 0.5) is 0 Å². The van der Waals surface area contributed by atoms with E-state index in [9.17, 15) is 20.1 Å². The van der Waals surface area contributed by atoms with Gasteiger partial charge in [-0.15, -0.1) is 0 Å². The van der Waals surface area contributed by atoms with Gasteiger partial charge in [0, 0.05) is 6.07 Å². The standard InChI is InChI=1S/C22H22O8/c1-11-18(23)20(25)21(26)22(29-11)30-14-7-8-15-17(9-14)28-10-16(19(15)24)12-3-5-13(27-2)6-4-12/h3-11,18,20-23,25-26H,1-2H3. The van der Waals surface area contributed by atoms with Crippen molar-refractivity contribution in [1.82, 2.24) is 0 Å². The van der Waals surface area contributed by atoms with Crippen molar-refractivity contribution in [3.63, 3.8) is 0 Å². The van der Waals surface area contributed by atoms with Crippen molar-refractivity contribution < 1.29 is 33.9 Å². The molecule has 0 bridgehead atoms. The second-order valence-corrected chi connectivity index (χ2v) is 7.16. The highest BCUT2D eigenvalue weighted by Crippen LogP contribution is 2.27. The van der Waals surface area contributed by atoms with Gasteiger partial charge in [0.15, 0.2) is 5.43 Å². The van der Waals surface area contributed by atoms with Gasteiger partial charge < -0.3 is 33.9 Å². The van der Waals surface area contributed by atoms with E-state index in [1.165, 1.54) is 12.3 Å². The number of hydrogen-bond acceptors (Lipinski definition) is 8. The molecule has 0 radical (unpaired) electrons. The van der Waals surface area contributed by atoms with Crippen LogP contribution in [0.5, 0.6) is 11.5 Å². The molecule has 1 saturated heterocycles. The van der Waals surface area contributed by atoms with Crippen LogP contribution in [0.3, 0.4) is 0 Å². The van der Waals surface area contributed by atoms with Crippen LogP contribution >= 0.6 is 0 Å². The van der Waals surface area contributed by atoms with Crippen LogP contribution in [0.2, 0.25) is 0 Å². The lowest BCUT2D eigenvalue weighted by atomic mass is 10.00. The summed E-state index contributed by atoms with van der Waals surface area (Å²) in [7, 11) is 1.57. The molecule has 3 aromatic rings. The van der Waals surface area contributed by atoms with E-state index >= 15 is 0 Å². The van der Waals surface area contributed by atoms with Gasteiger partial charge in [0.25, 0.3) is 0 Å². The number of rotatable bonds is 4. The summed E-state index contributed by atoms with van der Waals surface area (Å²) in [5.74, 6) is 0.965. The lowest BCUT2D eigenvalue weighted by Gasteiger charge is -2.38. The second-order valence-electron chi connectivity index (χ2n) is 7.16. The first kappa shape index (κ1) is 20.4. The maximum atomic E-state index is 12.9. The summed E-state index contributed by atoms with van der Waals surface area (Å²) in [4.78, 5) is 12.9. The SMILES string of the molecule is COc1ccc(-c2coc3cc(OC4OC(C)C(O)C(O)C4O)ccc3c2=O)cc1. The molecular weight excluding hydrogens is 392 g/mol. The molecule has 2 heterocycles. The van der Waals surface area contributed by atoms with Gasteiger partial charge in [-0.3, -0.25) is 4.79 Å². The predicted octanol–water partition coefficient (Wildman–Crippen LogP) is 1.67. The molecule has 0 saturated carbocycles. The number of aliphatic hydroxyl groups excluding tert-OH is 3. The van der Waals surface area contributed by atoms with Crippen molar-refractivity contribution in [2.75, 3.05) is 7.11 Å². The maximum absolute atomic E-state index is 12.9. The van der Waals surface area contributed by atoms with Crippen molar-refractivity contribution in [3.8, 4) is 22.6 Å². The van der Waals surface area contributed by atoms with Gasteiger partial charge in [0.1, 0.15) is 41.7 Å². The van der Waals surface area contributed by atoms with Gasteiger partial charge in [-0.2, -0.15) is 0 Å². The third-order valence-electron chi connectivity index (χ3n) is 5.21. The molecule has 8 nitrogen and oxygen atoms in total. The smallest absolute Gasteiger partial charge is 0.229 e. The van der Waals surface area contributed by atoms with Gasteiger partial charge in [0.2, 0.25) is 6.29 Å². The van der Waals surface area contributed by atoms with E-state index in [1.807, 2.05) is 0 Å². The summed E-state index contributed by atoms with van der Waals surface area (Å²) in [6, 6.07) is 11.7. The van der Waals surface area contributed by atoms with Crippen molar-refractivity contribution >= 4 is 11.0 Å². The van der Waals surface area contributed by atoms with Crippen LogP contribution in [0.15, 0.2) is 57.9 Å². The molecule has 3 N–H and O–H groups in total. The molecule has 0 aliphatic carbocycles. The molecule has 0 amide bonds. The highest BCUT2D eigenvalue weighted by molar-refractivity contribution is 5.82. The molecule has 30 heavy (non-hydrogen) atoms. The fraction of sp³-hybridized carbons (Fsp3) is 0.318. The minimum absolute atomic E-state index is 0.200. The molecule has 1 aromatic heterocycles. The van der Waals surface area contributed by atoms with E-state index in [0.717, 1.165) is 0 Å². The minimum atomic E-state index is -1.43. The molecule has 0 spiro atoms. The van der Waals surface area contributed by atoms with Crippen LogP contribution in [0.25, 0.3) is 22.1 Å². The normalized spacial score (nSPS) is 26.5. The van der Waals surface area contributed by atoms with E-state index in [4.69, 9.17) is 18.6 Å². The second kappa shape index (κ2) is 8.08. The summed E-state index contributed by atoms with van der Waals surface area (Å²) in [5.41, 5.74) is 1.21. The molecule has 1 aliphatic heterocycles. The number of methoxy groups -OCH3 is 1. The fourth-order valence-corrected chi connectivity index (χ4v) is 3.40. The third kappa shape index (κ3) is 3.66. The summed E-state index contributed by atoms with van der Waals surface area (Å²) in [5, 5.41) is 30.2. The van der Waals surface area contributed by atoms with Gasteiger partial charge in [-0.25, -0.2) is 0 Å². The lowest BCUT2D eigenvalue weighted by molar-refractivity contribution is -0.268. The monoisotopic (exact) mass is 414 g/mol. The van der Waals surface area contributed by atoms with E-state index in [-0.39, 0.29) is 11.2 Å². The summed E-state index contributed by atoms with van der Waals surface area (Å²) < 4.78 is 21.8. The van der Waals surface area contributed by atoms with Crippen molar-refractivity contribution in [2.24, 2.45) is 0 Å². The summed E-state index contributed by atoms with van der Waals surface area (Å²) >= 11 is 0. The third-order valence-corrected chi connectivity index (χ3v) is 5.21. The zero-order chi connectivity index (χ0) is 21.4. The first-order valence-electron chi connectivity index (χ1n) is 9.45. The van der Waals surface area contributed by atoms with Crippen molar-refractivity contribution in [2.45, 2.75) is 37.6 Å². The first-order chi connectivity index (χ1) is 14.4. The van der Waals surface area contributed by atoms with Crippen LogP contribution < -0.4 is 14.9 Å². The van der Waals surface area contributed by atoms with Crippen LogP contribution in [0.1, 0.15) is 6.92 Å². The number of benzene rings is 2. The van der Waals surface area contributed by atoms with E-state index in [2.05, 4.69) is 0 Å². The summed E-state index contributed by atoms with van der Waals surface area (Å²) in [6.07, 6.45) is -4.57. The van der Waals surface area contributed by atoms with Crippen molar-refractivity contribution in [1.29, 1.82) is 0 Å². The zero-order valence-corrected chi connectivity index (χ0v) is 16.4. The Kier molecular flexibility index (Phi) is 5.48. The molecule has 1 aliphatic rings. The van der Waals surface area contributed by atoms with Crippen LogP contribution in [0, 0.1) is 0 Å². The van der Waals surface area contributed by atoms with Crippen molar-refractivity contribution in [3.05, 3.63) is 59.0 Å². The highest BCUT2D eigenvalue weighted by Gasteiger charge is 2.43. The molecule has 5 atom stereocenters. The molecule has 4 rings (SSSR count).